The number of hydrogen-bond donors (Lipinski definition) is 1. The predicted octanol–water partition coefficient (Wildman–Crippen LogP) is 3.63. The van der Waals surface area contributed by atoms with Crippen LogP contribution >= 0.6 is 0 Å². The molecule has 0 aliphatic carbocycles. The summed E-state index contributed by atoms with van der Waals surface area (Å²) in [5.41, 5.74) is 3.59. The molecule has 0 spiro atoms. The molecule has 0 atom stereocenters. The predicted molar refractivity (Wildman–Crippen MR) is 121 cm³/mol. The van der Waals surface area contributed by atoms with Crippen LogP contribution in [0, 0.1) is 0 Å². The SMILES string of the molecule is COc1ccc(-c2nn(-c3ccccc3)cc2/C=C/C(=O)NCCCN(C)C)cc1. The molecule has 0 bridgehead atoms. The molecule has 2 aromatic carbocycles. The van der Waals surface area contributed by atoms with Crippen molar-refractivity contribution in [2.24, 2.45) is 0 Å². The summed E-state index contributed by atoms with van der Waals surface area (Å²) < 4.78 is 7.08. The van der Waals surface area contributed by atoms with Crippen LogP contribution in [0.25, 0.3) is 23.0 Å². The van der Waals surface area contributed by atoms with Gasteiger partial charge in [0.1, 0.15) is 5.75 Å². The number of para-hydroxylation sites is 1. The molecule has 3 aromatic rings. The monoisotopic (exact) mass is 404 g/mol. The van der Waals surface area contributed by atoms with Gasteiger partial charge in [-0.05, 0) is 69.5 Å². The zero-order valence-corrected chi connectivity index (χ0v) is 17.7. The largest absolute Gasteiger partial charge is 0.497 e. The van der Waals surface area contributed by atoms with Crippen molar-refractivity contribution in [2.75, 3.05) is 34.3 Å². The third-order valence-corrected chi connectivity index (χ3v) is 4.62. The second kappa shape index (κ2) is 10.4. The van der Waals surface area contributed by atoms with Gasteiger partial charge in [0.2, 0.25) is 5.91 Å². The molecule has 6 nitrogen and oxygen atoms in total. The summed E-state index contributed by atoms with van der Waals surface area (Å²) in [4.78, 5) is 14.3. The van der Waals surface area contributed by atoms with E-state index in [0.29, 0.717) is 6.54 Å². The van der Waals surface area contributed by atoms with E-state index >= 15 is 0 Å². The summed E-state index contributed by atoms with van der Waals surface area (Å²) in [6, 6.07) is 17.7. The first kappa shape index (κ1) is 21.3. The Bertz CT molecular complexity index is 976. The molecule has 0 unspecified atom stereocenters. The van der Waals surface area contributed by atoms with E-state index in [4.69, 9.17) is 9.84 Å². The molecule has 6 heteroatoms. The number of rotatable bonds is 9. The highest BCUT2D eigenvalue weighted by Gasteiger charge is 2.11. The van der Waals surface area contributed by atoms with E-state index in [1.165, 1.54) is 0 Å². The fourth-order valence-electron chi connectivity index (χ4n) is 3.03. The Morgan fingerprint density at radius 3 is 2.53 bits per heavy atom. The van der Waals surface area contributed by atoms with E-state index in [9.17, 15) is 4.79 Å². The lowest BCUT2D eigenvalue weighted by Crippen LogP contribution is -2.25. The van der Waals surface area contributed by atoms with Crippen molar-refractivity contribution in [3.63, 3.8) is 0 Å². The van der Waals surface area contributed by atoms with E-state index in [1.54, 1.807) is 13.2 Å². The molecule has 0 radical (unpaired) electrons. The van der Waals surface area contributed by atoms with Crippen LogP contribution < -0.4 is 10.1 Å². The van der Waals surface area contributed by atoms with Crippen LogP contribution in [-0.4, -0.2) is 54.9 Å². The molecule has 30 heavy (non-hydrogen) atoms. The number of carbonyl (C=O) groups is 1. The molecular formula is C24H28N4O2. The van der Waals surface area contributed by atoms with Gasteiger partial charge in [-0.1, -0.05) is 18.2 Å². The number of amides is 1. The maximum Gasteiger partial charge on any atom is 0.244 e. The van der Waals surface area contributed by atoms with Gasteiger partial charge in [0.15, 0.2) is 0 Å². The minimum absolute atomic E-state index is 0.109. The van der Waals surface area contributed by atoms with Crippen LogP contribution in [0.3, 0.4) is 0 Å². The Morgan fingerprint density at radius 2 is 1.87 bits per heavy atom. The normalized spacial score (nSPS) is 11.2. The first-order valence-electron chi connectivity index (χ1n) is 9.97. The number of aromatic nitrogens is 2. The maximum absolute atomic E-state index is 12.2. The van der Waals surface area contributed by atoms with E-state index in [0.717, 1.165) is 41.2 Å². The number of carbonyl (C=O) groups excluding carboxylic acids is 1. The highest BCUT2D eigenvalue weighted by molar-refractivity contribution is 5.92. The molecule has 1 aromatic heterocycles. The molecule has 0 aliphatic heterocycles. The van der Waals surface area contributed by atoms with Gasteiger partial charge in [-0.2, -0.15) is 5.10 Å². The zero-order valence-electron chi connectivity index (χ0n) is 17.7. The number of nitrogens with zero attached hydrogens (tertiary/aromatic N) is 3. The second-order valence-electron chi connectivity index (χ2n) is 7.22. The highest BCUT2D eigenvalue weighted by Crippen LogP contribution is 2.26. The van der Waals surface area contributed by atoms with E-state index in [-0.39, 0.29) is 5.91 Å². The molecule has 0 fully saturated rings. The summed E-state index contributed by atoms with van der Waals surface area (Å²) in [6.07, 6.45) is 6.22. The molecule has 156 valence electrons. The van der Waals surface area contributed by atoms with Crippen molar-refractivity contribution in [3.8, 4) is 22.7 Å². The molecular weight excluding hydrogens is 376 g/mol. The van der Waals surface area contributed by atoms with Crippen molar-refractivity contribution in [1.82, 2.24) is 20.0 Å². The van der Waals surface area contributed by atoms with Gasteiger partial charge in [-0.3, -0.25) is 4.79 Å². The lowest BCUT2D eigenvalue weighted by atomic mass is 10.1. The molecule has 1 heterocycles. The van der Waals surface area contributed by atoms with Crippen LogP contribution in [0.5, 0.6) is 5.75 Å². The van der Waals surface area contributed by atoms with Crippen molar-refractivity contribution >= 4 is 12.0 Å². The summed E-state index contributed by atoms with van der Waals surface area (Å²) in [6.45, 7) is 1.59. The van der Waals surface area contributed by atoms with Gasteiger partial charge >= 0.3 is 0 Å². The Hall–Kier alpha value is -3.38. The Morgan fingerprint density at radius 1 is 1.13 bits per heavy atom. The Balaban J connectivity index is 1.82. The first-order valence-corrected chi connectivity index (χ1v) is 9.97. The molecule has 1 amide bonds. The van der Waals surface area contributed by atoms with Crippen LogP contribution in [-0.2, 0) is 4.79 Å². The number of hydrogen-bond acceptors (Lipinski definition) is 4. The third kappa shape index (κ3) is 5.81. The van der Waals surface area contributed by atoms with Crippen molar-refractivity contribution in [1.29, 1.82) is 0 Å². The van der Waals surface area contributed by atoms with Crippen LogP contribution in [0.1, 0.15) is 12.0 Å². The maximum atomic E-state index is 12.2. The third-order valence-electron chi connectivity index (χ3n) is 4.62. The van der Waals surface area contributed by atoms with Crippen LogP contribution in [0.4, 0.5) is 0 Å². The quantitative estimate of drug-likeness (QED) is 0.437. The molecule has 0 saturated heterocycles. The van der Waals surface area contributed by atoms with Gasteiger partial charge < -0.3 is 15.0 Å². The zero-order chi connectivity index (χ0) is 21.3. The standard InChI is InChI=1S/C24H28N4O2/c1-27(2)17-7-16-25-23(29)15-12-20-18-28(21-8-5-4-6-9-21)26-24(20)19-10-13-22(30-3)14-11-19/h4-6,8-15,18H,7,16-17H2,1-3H3,(H,25,29)/b15-12+. The number of benzene rings is 2. The summed E-state index contributed by atoms with van der Waals surface area (Å²) in [5, 5.41) is 7.69. The average Bonchev–Trinajstić information content (AvgIpc) is 3.20. The first-order chi connectivity index (χ1) is 14.6. The highest BCUT2D eigenvalue weighted by atomic mass is 16.5. The minimum atomic E-state index is -0.109. The molecule has 0 saturated carbocycles. The van der Waals surface area contributed by atoms with Gasteiger partial charge in [-0.15, -0.1) is 0 Å². The number of nitrogens with one attached hydrogen (secondary N) is 1. The van der Waals surface area contributed by atoms with Gasteiger partial charge in [0.05, 0.1) is 18.5 Å². The topological polar surface area (TPSA) is 59.4 Å². The fourth-order valence-corrected chi connectivity index (χ4v) is 3.03. The average molecular weight is 405 g/mol. The Kier molecular flexibility index (Phi) is 7.40. The fraction of sp³-hybridized carbons (Fsp3) is 0.250. The van der Waals surface area contributed by atoms with E-state index in [1.807, 2.05) is 85.6 Å². The van der Waals surface area contributed by atoms with Crippen molar-refractivity contribution < 1.29 is 9.53 Å². The van der Waals surface area contributed by atoms with Crippen molar-refractivity contribution in [3.05, 3.63) is 72.4 Å². The van der Waals surface area contributed by atoms with Gasteiger partial charge in [0.25, 0.3) is 0 Å². The van der Waals surface area contributed by atoms with Gasteiger partial charge in [0, 0.05) is 29.9 Å². The van der Waals surface area contributed by atoms with Crippen molar-refractivity contribution in [2.45, 2.75) is 6.42 Å². The number of methoxy groups -OCH3 is 1. The summed E-state index contributed by atoms with van der Waals surface area (Å²) in [7, 11) is 5.68. The van der Waals surface area contributed by atoms with Crippen LogP contribution in [0.15, 0.2) is 66.9 Å². The number of ether oxygens (including phenoxy) is 1. The lowest BCUT2D eigenvalue weighted by molar-refractivity contribution is -0.116. The summed E-state index contributed by atoms with van der Waals surface area (Å²) in [5.74, 6) is 0.678. The van der Waals surface area contributed by atoms with Crippen LogP contribution in [0.2, 0.25) is 0 Å². The second-order valence-corrected chi connectivity index (χ2v) is 7.22. The van der Waals surface area contributed by atoms with E-state index < -0.39 is 0 Å². The van der Waals surface area contributed by atoms with Gasteiger partial charge in [-0.25, -0.2) is 4.68 Å². The van der Waals surface area contributed by atoms with E-state index in [2.05, 4.69) is 10.2 Å². The lowest BCUT2D eigenvalue weighted by Gasteiger charge is -2.08. The molecule has 0 aliphatic rings. The smallest absolute Gasteiger partial charge is 0.244 e. The molecule has 1 N–H and O–H groups in total. The minimum Gasteiger partial charge on any atom is -0.497 e. The Labute approximate surface area is 177 Å². The summed E-state index contributed by atoms with van der Waals surface area (Å²) >= 11 is 0. The molecule has 3 rings (SSSR count).